The molecule has 0 saturated heterocycles. The number of phenols is 1. The molecule has 316 valence electrons. The van der Waals surface area contributed by atoms with Crippen LogP contribution in [0.25, 0.3) is 5.57 Å². The van der Waals surface area contributed by atoms with Gasteiger partial charge in [-0.25, -0.2) is 0 Å². The Morgan fingerprint density at radius 2 is 1.38 bits per heavy atom. The van der Waals surface area contributed by atoms with Crippen LogP contribution in [0.1, 0.15) is 158 Å². The SMILES string of the molecule is CC.CC(C)([CH]=[Mo]=[N]C12CC3CC(CC(C3)C1)C2)c1ccccc1.C[C@@H]1C(c2c(O)c(C(F)(F)F)cc3c2CCCC3)=C2CCCCC2=C[C@@H]1C.Cc1ccc(C)[n-]1. The molecular weight excluding hydrogens is 810 g/mol. The van der Waals surface area contributed by atoms with Crippen LogP contribution in [0.5, 0.6) is 5.75 Å². The summed E-state index contributed by atoms with van der Waals surface area (Å²) in [4.78, 5) is 4.11. The van der Waals surface area contributed by atoms with Gasteiger partial charge in [0.1, 0.15) is 5.75 Å². The Bertz CT molecular complexity index is 1960. The Morgan fingerprint density at radius 3 is 1.95 bits per heavy atom. The number of halogens is 3. The summed E-state index contributed by atoms with van der Waals surface area (Å²) in [6.07, 6.45) is 14.0. The van der Waals surface area contributed by atoms with E-state index < -0.39 is 17.5 Å². The Labute approximate surface area is 355 Å². The molecular formula is C51H68F3MoN2O-. The third kappa shape index (κ3) is 10.2. The predicted octanol–water partition coefficient (Wildman–Crippen LogP) is 14.1. The van der Waals surface area contributed by atoms with Crippen molar-refractivity contribution in [2.24, 2.45) is 33.1 Å². The summed E-state index contributed by atoms with van der Waals surface area (Å²) >= 11 is -0.353. The molecule has 2 atom stereocenters. The van der Waals surface area contributed by atoms with E-state index in [0.29, 0.717) is 17.5 Å². The van der Waals surface area contributed by atoms with E-state index in [9.17, 15) is 18.3 Å². The van der Waals surface area contributed by atoms with Crippen molar-refractivity contribution in [2.45, 2.75) is 162 Å². The minimum atomic E-state index is -4.54. The Kier molecular flexibility index (Phi) is 14.5. The molecule has 4 bridgehead atoms. The zero-order valence-corrected chi connectivity index (χ0v) is 38.5. The second kappa shape index (κ2) is 18.8. The molecule has 1 N–H and O–H groups in total. The number of fused-ring (bicyclic) bond motifs is 2. The molecule has 3 nitrogen and oxygen atoms in total. The van der Waals surface area contributed by atoms with Crippen LogP contribution in [0, 0.1) is 43.4 Å². The number of rotatable bonds is 4. The van der Waals surface area contributed by atoms with E-state index in [1.165, 1.54) is 61.3 Å². The van der Waals surface area contributed by atoms with Crippen molar-refractivity contribution in [3.05, 3.63) is 105 Å². The molecule has 7 heteroatoms. The summed E-state index contributed by atoms with van der Waals surface area (Å²) in [5.74, 6) is 2.89. The number of aryl methyl sites for hydroxylation is 3. The second-order valence-corrected chi connectivity index (χ2v) is 20.2. The Hall–Kier alpha value is -2.85. The van der Waals surface area contributed by atoms with Crippen molar-refractivity contribution < 1.29 is 36.2 Å². The van der Waals surface area contributed by atoms with Crippen LogP contribution in [0.3, 0.4) is 0 Å². The van der Waals surface area contributed by atoms with Crippen molar-refractivity contribution in [1.82, 2.24) is 4.98 Å². The van der Waals surface area contributed by atoms with Crippen LogP contribution < -0.4 is 4.98 Å². The van der Waals surface area contributed by atoms with Crippen molar-refractivity contribution >= 4 is 9.97 Å². The molecule has 0 unspecified atom stereocenters. The van der Waals surface area contributed by atoms with Crippen molar-refractivity contribution in [3.63, 3.8) is 0 Å². The molecule has 3 aromatic rings. The number of phenolic OH excluding ortho intramolecular Hbond substituents is 1. The van der Waals surface area contributed by atoms with E-state index >= 15 is 0 Å². The maximum absolute atomic E-state index is 13.7. The van der Waals surface area contributed by atoms with Crippen molar-refractivity contribution in [3.8, 4) is 5.75 Å². The van der Waals surface area contributed by atoms with E-state index in [4.69, 9.17) is 3.50 Å². The largest absolute Gasteiger partial charge is 0.665 e. The van der Waals surface area contributed by atoms with E-state index in [1.807, 2.05) is 39.8 Å². The van der Waals surface area contributed by atoms with Crippen LogP contribution >= 0.6 is 0 Å². The number of aromatic hydroxyl groups is 1. The van der Waals surface area contributed by atoms with Crippen LogP contribution in [-0.4, -0.2) is 15.0 Å². The Balaban J connectivity index is 0.000000164. The molecule has 2 aromatic carbocycles. The molecule has 1 heterocycles. The molecule has 5 saturated carbocycles. The molecule has 1 aromatic heterocycles. The van der Waals surface area contributed by atoms with Gasteiger partial charge in [0.05, 0.1) is 5.56 Å². The zero-order chi connectivity index (χ0) is 41.8. The maximum Gasteiger partial charge on any atom is 0.419 e. The molecule has 58 heavy (non-hydrogen) atoms. The minimum absolute atomic E-state index is 0.113. The topological polar surface area (TPSA) is 46.7 Å². The summed E-state index contributed by atoms with van der Waals surface area (Å²) < 4.78 is 49.0. The normalized spacial score (nSPS) is 26.9. The molecule has 7 aliphatic rings. The van der Waals surface area contributed by atoms with Gasteiger partial charge in [0.25, 0.3) is 0 Å². The number of alkyl halides is 3. The first-order chi connectivity index (χ1) is 27.6. The maximum atomic E-state index is 13.7. The van der Waals surface area contributed by atoms with Crippen LogP contribution in [-0.2, 0) is 42.4 Å². The summed E-state index contributed by atoms with van der Waals surface area (Å²) in [6, 6.07) is 16.2. The van der Waals surface area contributed by atoms with Crippen molar-refractivity contribution in [1.29, 1.82) is 0 Å². The number of hydrogen-bond donors (Lipinski definition) is 1. The van der Waals surface area contributed by atoms with Gasteiger partial charge in [-0.05, 0) is 97.1 Å². The first kappa shape index (κ1) is 44.7. The molecule has 0 radical (unpaired) electrons. The second-order valence-electron chi connectivity index (χ2n) is 18.7. The number of benzene rings is 2. The summed E-state index contributed by atoms with van der Waals surface area (Å²) in [5.41, 5.74) is 9.12. The van der Waals surface area contributed by atoms with Crippen LogP contribution in [0.2, 0.25) is 0 Å². The van der Waals surface area contributed by atoms with Gasteiger partial charge in [0, 0.05) is 5.56 Å². The third-order valence-corrected chi connectivity index (χ3v) is 16.7. The van der Waals surface area contributed by atoms with Gasteiger partial charge in [0.2, 0.25) is 0 Å². The molecule has 10 rings (SSSR count). The van der Waals surface area contributed by atoms with Gasteiger partial charge in [-0.1, -0.05) is 59.8 Å². The van der Waals surface area contributed by atoms with Crippen LogP contribution in [0.4, 0.5) is 13.2 Å². The number of allylic oxidation sites excluding steroid dienone is 4. The fraction of sp³-hybridized carbons (Fsp3) is 0.588. The van der Waals surface area contributed by atoms with Gasteiger partial charge in [0.15, 0.2) is 0 Å². The number of hydrogen-bond acceptors (Lipinski definition) is 2. The van der Waals surface area contributed by atoms with E-state index in [2.05, 4.69) is 73.5 Å². The molecule has 0 aliphatic heterocycles. The standard InChI is InChI=1S/C23H27F3O.C10H15N.C10H12.C6H8N.C2H6.Mo/c1-13-11-15-7-3-5-9-17(15)20(14(13)2)21-18-10-6-4-8-16(18)12-19(22(21)27)23(24,25)26;11-10-4-7-1-8(5-10)3-9(2-7)6-10;1-10(2,3)9-7-5-4-6-8-9;1-5-3-4-6(2)7-5;1-2;/h11-14,27H,3-10H2,1-2H3;7-9H,1-6H2;1,4-8H,2-3H3;3-4H,1-2H3;1-2H3;/q;;;-1;;/t13-,14-;;;;;/m0...../s1. The fourth-order valence-electron chi connectivity index (χ4n) is 11.2. The first-order valence-electron chi connectivity index (χ1n) is 22.4. The molecule has 0 spiro atoms. The van der Waals surface area contributed by atoms with E-state index in [0.717, 1.165) is 90.8 Å². The summed E-state index contributed by atoms with van der Waals surface area (Å²) in [5, 5.41) is 10.9. The molecule has 5 fully saturated rings. The van der Waals surface area contributed by atoms with Gasteiger partial charge in [-0.3, -0.25) is 0 Å². The monoisotopic (exact) mass is 879 g/mol. The average molecular weight is 878 g/mol. The quantitative estimate of drug-likeness (QED) is 0.266. The summed E-state index contributed by atoms with van der Waals surface area (Å²) in [7, 11) is 0. The van der Waals surface area contributed by atoms with Crippen LogP contribution in [0.15, 0.2) is 69.2 Å². The van der Waals surface area contributed by atoms with Gasteiger partial charge in [-0.15, -0.1) is 0 Å². The minimum Gasteiger partial charge on any atom is -0.665 e. The van der Waals surface area contributed by atoms with Crippen molar-refractivity contribution in [2.75, 3.05) is 0 Å². The first-order valence-corrected chi connectivity index (χ1v) is 24.4. The zero-order valence-electron chi connectivity index (χ0n) is 36.4. The summed E-state index contributed by atoms with van der Waals surface area (Å²) in [6.45, 7) is 16.9. The van der Waals surface area contributed by atoms with Gasteiger partial charge < -0.3 is 10.1 Å². The molecule has 7 aliphatic carbocycles. The Morgan fingerprint density at radius 1 is 0.810 bits per heavy atom. The van der Waals surface area contributed by atoms with Gasteiger partial charge >= 0.3 is 149 Å². The third-order valence-electron chi connectivity index (χ3n) is 13.8. The fourth-order valence-corrected chi connectivity index (χ4v) is 13.4. The van der Waals surface area contributed by atoms with E-state index in [-0.39, 0.29) is 35.2 Å². The predicted molar refractivity (Wildman–Crippen MR) is 231 cm³/mol. The average Bonchev–Trinajstić information content (AvgIpc) is 3.58. The number of nitrogens with zero attached hydrogens (tertiary/aromatic N) is 2. The smallest absolute Gasteiger partial charge is 0.419 e. The molecule has 0 amide bonds. The number of aromatic nitrogens is 1. The van der Waals surface area contributed by atoms with Gasteiger partial charge in [-0.2, -0.15) is 24.6 Å². The van der Waals surface area contributed by atoms with E-state index in [1.54, 1.807) is 0 Å².